The van der Waals surface area contributed by atoms with Crippen LogP contribution in [0.3, 0.4) is 0 Å². The standard InChI is InChI=1S/C16H21NO2/c1-3-7-12(8-4-2)14(18)11-16-17-13-9-5-6-10-15(13)19-16/h5-6,9-10,12H,3-4,7-8,11H2,1-2H3. The van der Waals surface area contributed by atoms with E-state index in [1.54, 1.807) is 0 Å². The van der Waals surface area contributed by atoms with Gasteiger partial charge in [-0.3, -0.25) is 4.79 Å². The predicted octanol–water partition coefficient (Wildman–Crippen LogP) is 4.16. The maximum absolute atomic E-state index is 12.3. The summed E-state index contributed by atoms with van der Waals surface area (Å²) in [7, 11) is 0. The summed E-state index contributed by atoms with van der Waals surface area (Å²) in [6.07, 6.45) is 4.34. The van der Waals surface area contributed by atoms with Crippen molar-refractivity contribution in [3.63, 3.8) is 0 Å². The topological polar surface area (TPSA) is 43.1 Å². The lowest BCUT2D eigenvalue weighted by Gasteiger charge is -2.12. The number of Topliss-reactive ketones (excluding diaryl/α,β-unsaturated/α-hetero) is 1. The molecular weight excluding hydrogens is 238 g/mol. The van der Waals surface area contributed by atoms with Gasteiger partial charge in [0.15, 0.2) is 5.58 Å². The maximum atomic E-state index is 12.3. The molecule has 3 nitrogen and oxygen atoms in total. The summed E-state index contributed by atoms with van der Waals surface area (Å²) < 4.78 is 5.61. The van der Waals surface area contributed by atoms with Crippen LogP contribution >= 0.6 is 0 Å². The highest BCUT2D eigenvalue weighted by Gasteiger charge is 2.19. The summed E-state index contributed by atoms with van der Waals surface area (Å²) >= 11 is 0. The van der Waals surface area contributed by atoms with Crippen LogP contribution < -0.4 is 0 Å². The average molecular weight is 259 g/mol. The summed E-state index contributed by atoms with van der Waals surface area (Å²) in [6.45, 7) is 4.24. The first-order valence-corrected chi connectivity index (χ1v) is 7.11. The Morgan fingerprint density at radius 2 is 1.89 bits per heavy atom. The Morgan fingerprint density at radius 3 is 2.53 bits per heavy atom. The van der Waals surface area contributed by atoms with E-state index < -0.39 is 0 Å². The average Bonchev–Trinajstić information content (AvgIpc) is 2.80. The molecule has 0 saturated carbocycles. The van der Waals surface area contributed by atoms with Crippen molar-refractivity contribution >= 4 is 16.9 Å². The second kappa shape index (κ2) is 6.50. The van der Waals surface area contributed by atoms with Crippen molar-refractivity contribution in [1.82, 2.24) is 4.98 Å². The summed E-state index contributed by atoms with van der Waals surface area (Å²) in [5.74, 6) is 0.962. The molecule has 102 valence electrons. The van der Waals surface area contributed by atoms with Crippen molar-refractivity contribution in [2.75, 3.05) is 0 Å². The molecule has 0 saturated heterocycles. The Morgan fingerprint density at radius 1 is 1.21 bits per heavy atom. The molecule has 0 aliphatic carbocycles. The molecule has 3 heteroatoms. The molecule has 0 atom stereocenters. The van der Waals surface area contributed by atoms with Crippen molar-refractivity contribution in [1.29, 1.82) is 0 Å². The number of aromatic nitrogens is 1. The monoisotopic (exact) mass is 259 g/mol. The number of carbonyl (C=O) groups is 1. The quantitative estimate of drug-likeness (QED) is 0.750. The van der Waals surface area contributed by atoms with Crippen LogP contribution in [0.25, 0.3) is 11.1 Å². The highest BCUT2D eigenvalue weighted by atomic mass is 16.3. The largest absolute Gasteiger partial charge is 0.440 e. The normalized spacial score (nSPS) is 11.3. The molecule has 0 fully saturated rings. The van der Waals surface area contributed by atoms with Gasteiger partial charge in [-0.25, -0.2) is 4.98 Å². The fraction of sp³-hybridized carbons (Fsp3) is 0.500. The summed E-state index contributed by atoms with van der Waals surface area (Å²) in [4.78, 5) is 16.6. The van der Waals surface area contributed by atoms with E-state index in [0.29, 0.717) is 12.3 Å². The molecule has 0 radical (unpaired) electrons. The highest BCUT2D eigenvalue weighted by Crippen LogP contribution is 2.19. The maximum Gasteiger partial charge on any atom is 0.202 e. The summed E-state index contributed by atoms with van der Waals surface area (Å²) in [6, 6.07) is 7.62. The molecule has 0 aliphatic rings. The minimum Gasteiger partial charge on any atom is -0.440 e. The number of hydrogen-bond acceptors (Lipinski definition) is 3. The zero-order valence-electron chi connectivity index (χ0n) is 11.7. The number of nitrogens with zero attached hydrogens (tertiary/aromatic N) is 1. The van der Waals surface area contributed by atoms with E-state index in [9.17, 15) is 4.79 Å². The van der Waals surface area contributed by atoms with Gasteiger partial charge in [0, 0.05) is 5.92 Å². The van der Waals surface area contributed by atoms with Crippen molar-refractivity contribution in [2.45, 2.75) is 46.0 Å². The number of fused-ring (bicyclic) bond motifs is 1. The van der Waals surface area contributed by atoms with Crippen LogP contribution in [-0.4, -0.2) is 10.8 Å². The van der Waals surface area contributed by atoms with Gasteiger partial charge in [0.05, 0.1) is 6.42 Å². The van der Waals surface area contributed by atoms with E-state index in [0.717, 1.165) is 36.8 Å². The minimum absolute atomic E-state index is 0.157. The smallest absolute Gasteiger partial charge is 0.202 e. The van der Waals surface area contributed by atoms with E-state index in [1.807, 2.05) is 24.3 Å². The first kappa shape index (κ1) is 13.8. The lowest BCUT2D eigenvalue weighted by atomic mass is 9.92. The fourth-order valence-corrected chi connectivity index (χ4v) is 2.45. The first-order valence-electron chi connectivity index (χ1n) is 7.11. The fourth-order valence-electron chi connectivity index (χ4n) is 2.45. The van der Waals surface area contributed by atoms with Gasteiger partial charge >= 0.3 is 0 Å². The lowest BCUT2D eigenvalue weighted by molar-refractivity contribution is -0.123. The number of rotatable bonds is 7. The summed E-state index contributed by atoms with van der Waals surface area (Å²) in [5, 5.41) is 0. The van der Waals surface area contributed by atoms with Crippen molar-refractivity contribution in [3.05, 3.63) is 30.2 Å². The molecule has 0 bridgehead atoms. The molecule has 1 heterocycles. The molecule has 0 amide bonds. The number of benzene rings is 1. The Kier molecular flexibility index (Phi) is 4.72. The van der Waals surface area contributed by atoms with Gasteiger partial charge in [0.1, 0.15) is 11.3 Å². The molecule has 0 N–H and O–H groups in total. The van der Waals surface area contributed by atoms with E-state index in [1.165, 1.54) is 0 Å². The zero-order valence-corrected chi connectivity index (χ0v) is 11.7. The molecular formula is C16H21NO2. The molecule has 2 rings (SSSR count). The second-order valence-electron chi connectivity index (χ2n) is 4.99. The van der Waals surface area contributed by atoms with Crippen molar-refractivity contribution < 1.29 is 9.21 Å². The van der Waals surface area contributed by atoms with Gasteiger partial charge in [0.25, 0.3) is 0 Å². The summed E-state index contributed by atoms with van der Waals surface area (Å²) in [5.41, 5.74) is 1.58. The Labute approximate surface area is 114 Å². The van der Waals surface area contributed by atoms with Gasteiger partial charge in [-0.15, -0.1) is 0 Å². The number of hydrogen-bond donors (Lipinski definition) is 0. The molecule has 0 spiro atoms. The van der Waals surface area contributed by atoms with Crippen LogP contribution in [0, 0.1) is 5.92 Å². The van der Waals surface area contributed by atoms with Gasteiger partial charge in [-0.2, -0.15) is 0 Å². The van der Waals surface area contributed by atoms with Gasteiger partial charge in [-0.1, -0.05) is 38.8 Å². The Balaban J connectivity index is 2.08. The zero-order chi connectivity index (χ0) is 13.7. The van der Waals surface area contributed by atoms with Crippen molar-refractivity contribution in [3.8, 4) is 0 Å². The Hall–Kier alpha value is -1.64. The van der Waals surface area contributed by atoms with Gasteiger partial charge in [-0.05, 0) is 25.0 Å². The third kappa shape index (κ3) is 3.43. The lowest BCUT2D eigenvalue weighted by Crippen LogP contribution is -2.16. The van der Waals surface area contributed by atoms with Crippen LogP contribution in [0.2, 0.25) is 0 Å². The molecule has 0 unspecified atom stereocenters. The number of carbonyl (C=O) groups excluding carboxylic acids is 1. The Bertz CT molecular complexity index is 505. The minimum atomic E-state index is 0.157. The molecule has 2 aromatic rings. The van der Waals surface area contributed by atoms with Crippen LogP contribution in [0.1, 0.15) is 45.4 Å². The second-order valence-corrected chi connectivity index (χ2v) is 4.99. The van der Waals surface area contributed by atoms with E-state index >= 15 is 0 Å². The first-order chi connectivity index (χ1) is 9.24. The molecule has 1 aromatic heterocycles. The molecule has 19 heavy (non-hydrogen) atoms. The number of oxazole rings is 1. The third-order valence-electron chi connectivity index (χ3n) is 3.39. The van der Waals surface area contributed by atoms with Crippen LogP contribution in [0.4, 0.5) is 0 Å². The molecule has 1 aromatic carbocycles. The molecule has 0 aliphatic heterocycles. The van der Waals surface area contributed by atoms with E-state index in [2.05, 4.69) is 18.8 Å². The SMILES string of the molecule is CCCC(CCC)C(=O)Cc1nc2ccccc2o1. The van der Waals surface area contributed by atoms with Crippen LogP contribution in [-0.2, 0) is 11.2 Å². The van der Waals surface area contributed by atoms with Gasteiger partial charge < -0.3 is 4.42 Å². The van der Waals surface area contributed by atoms with Crippen LogP contribution in [0.15, 0.2) is 28.7 Å². The van der Waals surface area contributed by atoms with E-state index in [4.69, 9.17) is 4.42 Å². The van der Waals surface area contributed by atoms with Crippen molar-refractivity contribution in [2.24, 2.45) is 5.92 Å². The predicted molar refractivity (Wildman–Crippen MR) is 76.0 cm³/mol. The number of ketones is 1. The van der Waals surface area contributed by atoms with E-state index in [-0.39, 0.29) is 11.7 Å². The third-order valence-corrected chi connectivity index (χ3v) is 3.39. The number of para-hydroxylation sites is 2. The van der Waals surface area contributed by atoms with Gasteiger partial charge in [0.2, 0.25) is 5.89 Å². The highest BCUT2D eigenvalue weighted by molar-refractivity contribution is 5.83. The van der Waals surface area contributed by atoms with Crippen LogP contribution in [0.5, 0.6) is 0 Å².